The monoisotopic (exact) mass is 195 g/mol. The summed E-state index contributed by atoms with van der Waals surface area (Å²) in [6.07, 6.45) is 4.11. The molecule has 1 unspecified atom stereocenters. The first-order valence-electron chi connectivity index (χ1n) is 4.03. The molecular weight excluding hydrogens is 188 g/mol. The molecule has 1 aliphatic rings. The number of hydrogen-bond donors (Lipinski definition) is 1. The third kappa shape index (κ3) is 1.33. The van der Waals surface area contributed by atoms with E-state index >= 15 is 0 Å². The molecule has 0 spiro atoms. The molecule has 0 aliphatic carbocycles. The highest BCUT2D eigenvalue weighted by Gasteiger charge is 2.30. The van der Waals surface area contributed by atoms with Crippen LogP contribution in [0.15, 0.2) is 35.3 Å². The molecule has 0 amide bonds. The van der Waals surface area contributed by atoms with Crippen LogP contribution in [-0.4, -0.2) is 11.3 Å². The first-order valence-corrected chi connectivity index (χ1v) is 4.03. The number of benzene rings is 1. The topological polar surface area (TPSA) is 32.6 Å². The van der Waals surface area contributed by atoms with Crippen LogP contribution in [-0.2, 0) is 5.72 Å². The Kier molecular flexibility index (Phi) is 1.93. The van der Waals surface area contributed by atoms with Crippen molar-refractivity contribution >= 4 is 6.21 Å². The lowest BCUT2D eigenvalue weighted by molar-refractivity contribution is 0.0988. The predicted octanol–water partition coefficient (Wildman–Crippen LogP) is 1.75. The summed E-state index contributed by atoms with van der Waals surface area (Å²) >= 11 is 0. The molecule has 0 aromatic heterocycles. The zero-order valence-electron chi connectivity index (χ0n) is 7.11. The average Bonchev–Trinajstić information content (AvgIpc) is 2.58. The normalized spacial score (nSPS) is 24.5. The Balaban J connectivity index is 2.55. The van der Waals surface area contributed by atoms with Crippen LogP contribution in [0.5, 0.6) is 0 Å². The standard InChI is InChI=1S/C10H7F2NO/c11-7-2-3-9(12)8(6-7)10(14)4-1-5-13-10/h1-6,14H. The van der Waals surface area contributed by atoms with Gasteiger partial charge in [0.25, 0.3) is 0 Å². The first-order chi connectivity index (χ1) is 6.62. The van der Waals surface area contributed by atoms with Gasteiger partial charge in [0.1, 0.15) is 11.6 Å². The second-order valence-corrected chi connectivity index (χ2v) is 2.99. The minimum Gasteiger partial charge on any atom is -0.362 e. The Labute approximate surface area is 79.2 Å². The molecule has 2 nitrogen and oxygen atoms in total. The van der Waals surface area contributed by atoms with Gasteiger partial charge in [0.2, 0.25) is 5.72 Å². The number of rotatable bonds is 1. The average molecular weight is 195 g/mol. The van der Waals surface area contributed by atoms with E-state index in [1.54, 1.807) is 0 Å². The second kappa shape index (κ2) is 2.99. The zero-order valence-corrected chi connectivity index (χ0v) is 7.11. The molecule has 1 heterocycles. The summed E-state index contributed by atoms with van der Waals surface area (Å²) in [5.41, 5.74) is -1.94. The largest absolute Gasteiger partial charge is 0.362 e. The molecule has 0 saturated carbocycles. The van der Waals surface area contributed by atoms with Gasteiger partial charge in [-0.1, -0.05) is 0 Å². The van der Waals surface area contributed by atoms with Crippen molar-refractivity contribution in [2.45, 2.75) is 5.72 Å². The van der Waals surface area contributed by atoms with Gasteiger partial charge in [0.15, 0.2) is 0 Å². The maximum Gasteiger partial charge on any atom is 0.205 e. The van der Waals surface area contributed by atoms with Gasteiger partial charge in [-0.05, 0) is 30.4 Å². The van der Waals surface area contributed by atoms with Gasteiger partial charge in [-0.3, -0.25) is 4.99 Å². The van der Waals surface area contributed by atoms with E-state index in [9.17, 15) is 13.9 Å². The molecule has 1 aromatic rings. The minimum atomic E-state index is -1.76. The first kappa shape index (κ1) is 9.02. The molecule has 0 radical (unpaired) electrons. The number of aliphatic hydroxyl groups is 1. The van der Waals surface area contributed by atoms with E-state index in [0.717, 1.165) is 18.2 Å². The molecule has 0 bridgehead atoms. The van der Waals surface area contributed by atoms with Crippen LogP contribution in [0.4, 0.5) is 8.78 Å². The molecule has 0 fully saturated rings. The third-order valence-electron chi connectivity index (χ3n) is 2.01. The summed E-state index contributed by atoms with van der Waals surface area (Å²) < 4.78 is 26.0. The summed E-state index contributed by atoms with van der Waals surface area (Å²) in [6, 6.07) is 2.89. The van der Waals surface area contributed by atoms with Gasteiger partial charge >= 0.3 is 0 Å². The summed E-state index contributed by atoms with van der Waals surface area (Å²) in [5.74, 6) is -1.29. The van der Waals surface area contributed by atoms with Crippen LogP contribution in [0.1, 0.15) is 5.56 Å². The van der Waals surface area contributed by atoms with Gasteiger partial charge in [-0.25, -0.2) is 8.78 Å². The Hall–Kier alpha value is -1.55. The number of nitrogens with zero attached hydrogens (tertiary/aromatic N) is 1. The van der Waals surface area contributed by atoms with E-state index in [1.165, 1.54) is 18.4 Å². The van der Waals surface area contributed by atoms with Crippen LogP contribution >= 0.6 is 0 Å². The smallest absolute Gasteiger partial charge is 0.205 e. The maximum atomic E-state index is 13.2. The van der Waals surface area contributed by atoms with Crippen LogP contribution in [0.3, 0.4) is 0 Å². The van der Waals surface area contributed by atoms with Crippen LogP contribution in [0, 0.1) is 11.6 Å². The molecule has 4 heteroatoms. The van der Waals surface area contributed by atoms with Crippen molar-refractivity contribution in [2.75, 3.05) is 0 Å². The molecule has 1 atom stereocenters. The fraction of sp³-hybridized carbons (Fsp3) is 0.100. The van der Waals surface area contributed by atoms with Crippen LogP contribution in [0.2, 0.25) is 0 Å². The number of halogens is 2. The molecule has 2 rings (SSSR count). The number of hydrogen-bond acceptors (Lipinski definition) is 2. The number of allylic oxidation sites excluding steroid dienone is 1. The van der Waals surface area contributed by atoms with Gasteiger partial charge in [-0.2, -0.15) is 0 Å². The fourth-order valence-electron chi connectivity index (χ4n) is 1.32. The summed E-state index contributed by atoms with van der Waals surface area (Å²) in [5, 5.41) is 9.78. The maximum absolute atomic E-state index is 13.2. The van der Waals surface area contributed by atoms with Crippen molar-refractivity contribution in [1.82, 2.24) is 0 Å². The van der Waals surface area contributed by atoms with Crippen LogP contribution in [0.25, 0.3) is 0 Å². The highest BCUT2D eigenvalue weighted by atomic mass is 19.1. The molecule has 1 aliphatic heterocycles. The Morgan fingerprint density at radius 2 is 2.07 bits per heavy atom. The predicted molar refractivity (Wildman–Crippen MR) is 47.9 cm³/mol. The number of aliphatic imine (C=N–C) groups is 1. The molecule has 1 N–H and O–H groups in total. The Morgan fingerprint density at radius 3 is 2.71 bits per heavy atom. The Bertz CT molecular complexity index is 414. The highest BCUT2D eigenvalue weighted by molar-refractivity contribution is 5.75. The molecule has 0 saturated heterocycles. The van der Waals surface area contributed by atoms with Gasteiger partial charge < -0.3 is 5.11 Å². The summed E-state index contributed by atoms with van der Waals surface area (Å²) in [6.45, 7) is 0. The van der Waals surface area contributed by atoms with E-state index in [2.05, 4.69) is 4.99 Å². The lowest BCUT2D eigenvalue weighted by atomic mass is 10.0. The van der Waals surface area contributed by atoms with Crippen LogP contribution < -0.4 is 0 Å². The van der Waals surface area contributed by atoms with Crippen molar-refractivity contribution < 1.29 is 13.9 Å². The highest BCUT2D eigenvalue weighted by Crippen LogP contribution is 2.29. The summed E-state index contributed by atoms with van der Waals surface area (Å²) in [4.78, 5) is 3.65. The van der Waals surface area contributed by atoms with Gasteiger partial charge in [-0.15, -0.1) is 0 Å². The van der Waals surface area contributed by atoms with Crippen molar-refractivity contribution in [3.8, 4) is 0 Å². The lowest BCUT2D eigenvalue weighted by Gasteiger charge is -2.17. The molecular formula is C10H7F2NO. The van der Waals surface area contributed by atoms with E-state index < -0.39 is 17.4 Å². The van der Waals surface area contributed by atoms with E-state index in [4.69, 9.17) is 0 Å². The SMILES string of the molecule is OC1(c2cc(F)ccc2F)C=CC=N1. The zero-order chi connectivity index (χ0) is 10.2. The van der Waals surface area contributed by atoms with Crippen molar-refractivity contribution in [1.29, 1.82) is 0 Å². The third-order valence-corrected chi connectivity index (χ3v) is 2.01. The summed E-state index contributed by atoms with van der Waals surface area (Å²) in [7, 11) is 0. The van der Waals surface area contributed by atoms with E-state index in [1.807, 2.05) is 0 Å². The molecule has 14 heavy (non-hydrogen) atoms. The van der Waals surface area contributed by atoms with E-state index in [0.29, 0.717) is 0 Å². The van der Waals surface area contributed by atoms with Crippen molar-refractivity contribution in [2.24, 2.45) is 4.99 Å². The Morgan fingerprint density at radius 1 is 1.29 bits per heavy atom. The van der Waals surface area contributed by atoms with Crippen molar-refractivity contribution in [3.63, 3.8) is 0 Å². The van der Waals surface area contributed by atoms with Crippen molar-refractivity contribution in [3.05, 3.63) is 47.5 Å². The lowest BCUT2D eigenvalue weighted by Crippen LogP contribution is -2.19. The fourth-order valence-corrected chi connectivity index (χ4v) is 1.32. The van der Waals surface area contributed by atoms with Gasteiger partial charge in [0, 0.05) is 11.8 Å². The van der Waals surface area contributed by atoms with Gasteiger partial charge in [0.05, 0.1) is 0 Å². The second-order valence-electron chi connectivity index (χ2n) is 2.99. The van der Waals surface area contributed by atoms with E-state index in [-0.39, 0.29) is 5.56 Å². The minimum absolute atomic E-state index is 0.178. The molecule has 1 aromatic carbocycles. The molecule has 72 valence electrons. The quantitative estimate of drug-likeness (QED) is 0.727.